The van der Waals surface area contributed by atoms with Crippen LogP contribution in [-0.2, 0) is 16.0 Å². The van der Waals surface area contributed by atoms with Crippen LogP contribution in [0.1, 0.15) is 36.3 Å². The summed E-state index contributed by atoms with van der Waals surface area (Å²) < 4.78 is 0. The van der Waals surface area contributed by atoms with Gasteiger partial charge in [-0.2, -0.15) is 0 Å². The van der Waals surface area contributed by atoms with Crippen molar-refractivity contribution in [2.24, 2.45) is 5.92 Å². The third-order valence-electron chi connectivity index (χ3n) is 4.02. The normalized spacial score (nSPS) is 12.8. The van der Waals surface area contributed by atoms with E-state index in [1.165, 1.54) is 18.6 Å². The molecule has 0 bridgehead atoms. The molecule has 0 aliphatic heterocycles. The second-order valence-corrected chi connectivity index (χ2v) is 6.84. The molecular formula is C20H24N4O4. The Labute approximate surface area is 163 Å². The number of carbonyl (C=O) groups is 3. The summed E-state index contributed by atoms with van der Waals surface area (Å²) in [6.07, 6.45) is 4.63. The van der Waals surface area contributed by atoms with Crippen molar-refractivity contribution >= 4 is 17.8 Å². The Morgan fingerprint density at radius 2 is 1.75 bits per heavy atom. The first-order valence-electron chi connectivity index (χ1n) is 9.00. The number of carboxylic acid groups (broad SMARTS) is 1. The number of hydrogen-bond acceptors (Lipinski definition) is 5. The van der Waals surface area contributed by atoms with E-state index in [0.717, 1.165) is 5.56 Å². The molecule has 0 aliphatic carbocycles. The first-order valence-corrected chi connectivity index (χ1v) is 9.00. The molecule has 2 atom stereocenters. The van der Waals surface area contributed by atoms with Crippen LogP contribution in [0.2, 0.25) is 0 Å². The van der Waals surface area contributed by atoms with E-state index < -0.39 is 29.9 Å². The number of amides is 2. The van der Waals surface area contributed by atoms with Gasteiger partial charge in [0.25, 0.3) is 5.91 Å². The third kappa shape index (κ3) is 6.46. The summed E-state index contributed by atoms with van der Waals surface area (Å²) in [6, 6.07) is 7.05. The Hall–Kier alpha value is -3.29. The van der Waals surface area contributed by atoms with Crippen LogP contribution in [0.15, 0.2) is 48.9 Å². The molecule has 0 aliphatic rings. The van der Waals surface area contributed by atoms with Crippen molar-refractivity contribution in [3.05, 3.63) is 60.2 Å². The lowest BCUT2D eigenvalue weighted by Gasteiger charge is -2.22. The molecule has 2 amide bonds. The molecule has 2 aromatic rings. The van der Waals surface area contributed by atoms with Gasteiger partial charge < -0.3 is 15.7 Å². The van der Waals surface area contributed by atoms with Gasteiger partial charge in [0.05, 0.1) is 6.20 Å². The first-order chi connectivity index (χ1) is 13.4. The highest BCUT2D eigenvalue weighted by Gasteiger charge is 2.27. The number of carbonyl (C=O) groups excluding carboxylic acids is 2. The van der Waals surface area contributed by atoms with Gasteiger partial charge in [0.1, 0.15) is 17.8 Å². The monoisotopic (exact) mass is 384 g/mol. The van der Waals surface area contributed by atoms with Crippen LogP contribution in [0.3, 0.4) is 0 Å². The number of nitrogens with zero attached hydrogens (tertiary/aromatic N) is 2. The van der Waals surface area contributed by atoms with E-state index in [2.05, 4.69) is 20.6 Å². The summed E-state index contributed by atoms with van der Waals surface area (Å²) in [4.78, 5) is 44.4. The topological polar surface area (TPSA) is 121 Å². The highest BCUT2D eigenvalue weighted by atomic mass is 16.4. The van der Waals surface area contributed by atoms with Crippen LogP contribution >= 0.6 is 0 Å². The van der Waals surface area contributed by atoms with Crippen molar-refractivity contribution < 1.29 is 19.5 Å². The minimum Gasteiger partial charge on any atom is -0.480 e. The molecule has 8 nitrogen and oxygen atoms in total. The number of hydrogen-bond donors (Lipinski definition) is 3. The largest absolute Gasteiger partial charge is 0.480 e. The second-order valence-electron chi connectivity index (χ2n) is 6.84. The molecule has 28 heavy (non-hydrogen) atoms. The van der Waals surface area contributed by atoms with Crippen LogP contribution in [-0.4, -0.2) is 44.9 Å². The Morgan fingerprint density at radius 1 is 1.04 bits per heavy atom. The molecule has 1 aromatic heterocycles. The maximum Gasteiger partial charge on any atom is 0.326 e. The summed E-state index contributed by atoms with van der Waals surface area (Å²) in [6.45, 7) is 3.82. The number of aliphatic carboxylic acids is 1. The summed E-state index contributed by atoms with van der Waals surface area (Å²) in [5, 5.41) is 14.7. The van der Waals surface area contributed by atoms with Crippen molar-refractivity contribution in [2.45, 2.75) is 38.8 Å². The third-order valence-corrected chi connectivity index (χ3v) is 4.02. The fraction of sp³-hybridized carbons (Fsp3) is 0.350. The molecule has 0 radical (unpaired) electrons. The fourth-order valence-corrected chi connectivity index (χ4v) is 2.67. The van der Waals surface area contributed by atoms with Gasteiger partial charge in [-0.1, -0.05) is 44.2 Å². The van der Waals surface area contributed by atoms with E-state index >= 15 is 0 Å². The van der Waals surface area contributed by atoms with E-state index in [9.17, 15) is 19.5 Å². The van der Waals surface area contributed by atoms with Gasteiger partial charge >= 0.3 is 5.97 Å². The predicted molar refractivity (Wildman–Crippen MR) is 102 cm³/mol. The zero-order valence-corrected chi connectivity index (χ0v) is 15.8. The lowest BCUT2D eigenvalue weighted by molar-refractivity contribution is -0.142. The number of benzene rings is 1. The van der Waals surface area contributed by atoms with Crippen molar-refractivity contribution in [3.8, 4) is 0 Å². The van der Waals surface area contributed by atoms with Gasteiger partial charge in [0.2, 0.25) is 5.91 Å². The molecule has 0 saturated heterocycles. The zero-order chi connectivity index (χ0) is 20.5. The minimum absolute atomic E-state index is 0.0862. The van der Waals surface area contributed by atoms with Crippen molar-refractivity contribution in [2.75, 3.05) is 0 Å². The van der Waals surface area contributed by atoms with E-state index in [4.69, 9.17) is 0 Å². The predicted octanol–water partition coefficient (Wildman–Crippen LogP) is 1.43. The number of nitrogens with one attached hydrogen (secondary N) is 2. The number of rotatable bonds is 9. The Balaban J connectivity index is 2.09. The van der Waals surface area contributed by atoms with Crippen LogP contribution in [0.4, 0.5) is 0 Å². The molecule has 148 valence electrons. The van der Waals surface area contributed by atoms with E-state index in [1.54, 1.807) is 24.3 Å². The molecule has 0 spiro atoms. The smallest absolute Gasteiger partial charge is 0.326 e. The average Bonchev–Trinajstić information content (AvgIpc) is 2.68. The zero-order valence-electron chi connectivity index (χ0n) is 15.8. The molecular weight excluding hydrogens is 360 g/mol. The maximum absolute atomic E-state index is 12.7. The van der Waals surface area contributed by atoms with Gasteiger partial charge in [-0.05, 0) is 17.9 Å². The molecule has 2 rings (SSSR count). The van der Waals surface area contributed by atoms with Crippen LogP contribution in [0.5, 0.6) is 0 Å². The summed E-state index contributed by atoms with van der Waals surface area (Å²) in [5.74, 6) is -2.12. The Bertz CT molecular complexity index is 796. The fourth-order valence-electron chi connectivity index (χ4n) is 2.67. The highest BCUT2D eigenvalue weighted by molar-refractivity contribution is 5.96. The van der Waals surface area contributed by atoms with Gasteiger partial charge in [-0.25, -0.2) is 9.78 Å². The van der Waals surface area contributed by atoms with Gasteiger partial charge in [-0.15, -0.1) is 0 Å². The molecule has 0 saturated carbocycles. The summed E-state index contributed by atoms with van der Waals surface area (Å²) in [7, 11) is 0. The molecule has 0 unspecified atom stereocenters. The standard InChI is InChI=1S/C20H24N4O4/c1-13(2)10-15(23-19(26)17-12-21-8-9-22-17)18(25)24-16(20(27)28)11-14-6-4-3-5-7-14/h3-9,12-13,15-16H,10-11H2,1-2H3,(H,23,26)(H,24,25)(H,27,28)/t15-,16-/m0/s1. The van der Waals surface area contributed by atoms with Crippen LogP contribution < -0.4 is 10.6 Å². The molecule has 1 heterocycles. The van der Waals surface area contributed by atoms with Gasteiger partial charge in [-0.3, -0.25) is 14.6 Å². The lowest BCUT2D eigenvalue weighted by atomic mass is 10.0. The minimum atomic E-state index is -1.14. The highest BCUT2D eigenvalue weighted by Crippen LogP contribution is 2.08. The van der Waals surface area contributed by atoms with Crippen molar-refractivity contribution in [3.63, 3.8) is 0 Å². The first kappa shape index (κ1) is 21.0. The SMILES string of the molecule is CC(C)C[C@H](NC(=O)c1cnccn1)C(=O)N[C@@H](Cc1ccccc1)C(=O)O. The number of aromatic nitrogens is 2. The summed E-state index contributed by atoms with van der Waals surface area (Å²) >= 11 is 0. The maximum atomic E-state index is 12.7. The molecule has 1 aromatic carbocycles. The van der Waals surface area contributed by atoms with Crippen molar-refractivity contribution in [1.29, 1.82) is 0 Å². The molecule has 3 N–H and O–H groups in total. The van der Waals surface area contributed by atoms with Crippen LogP contribution in [0, 0.1) is 5.92 Å². The lowest BCUT2D eigenvalue weighted by Crippen LogP contribution is -2.52. The van der Waals surface area contributed by atoms with Gasteiger partial charge in [0.15, 0.2) is 0 Å². The summed E-state index contributed by atoms with van der Waals surface area (Å²) in [5.41, 5.74) is 0.877. The van der Waals surface area contributed by atoms with E-state index in [1.807, 2.05) is 19.9 Å². The van der Waals surface area contributed by atoms with Crippen LogP contribution in [0.25, 0.3) is 0 Å². The van der Waals surface area contributed by atoms with Gasteiger partial charge in [0, 0.05) is 18.8 Å². The Morgan fingerprint density at radius 3 is 2.32 bits per heavy atom. The molecule has 8 heteroatoms. The average molecular weight is 384 g/mol. The Kier molecular flexibility index (Phi) is 7.62. The number of carboxylic acids is 1. The van der Waals surface area contributed by atoms with E-state index in [0.29, 0.717) is 6.42 Å². The second kappa shape index (κ2) is 10.1. The van der Waals surface area contributed by atoms with E-state index in [-0.39, 0.29) is 18.0 Å². The molecule has 0 fully saturated rings. The quantitative estimate of drug-likeness (QED) is 0.601. The van der Waals surface area contributed by atoms with Crippen molar-refractivity contribution in [1.82, 2.24) is 20.6 Å².